The van der Waals surface area contributed by atoms with E-state index in [0.29, 0.717) is 30.5 Å². The fraction of sp³-hybridized carbons (Fsp3) is 0.412. The second kappa shape index (κ2) is 7.52. The van der Waals surface area contributed by atoms with Gasteiger partial charge in [0.05, 0.1) is 0 Å². The average molecular weight is 359 g/mol. The highest BCUT2D eigenvalue weighted by Gasteiger charge is 2.24. The maximum absolute atomic E-state index is 12.1. The Bertz CT molecular complexity index is 827. The van der Waals surface area contributed by atoms with Crippen molar-refractivity contribution >= 4 is 23.2 Å². The Hall–Kier alpha value is -2.94. The first-order chi connectivity index (χ1) is 12.5. The van der Waals surface area contributed by atoms with E-state index < -0.39 is 11.0 Å². The molecule has 26 heavy (non-hydrogen) atoms. The van der Waals surface area contributed by atoms with E-state index in [9.17, 15) is 14.9 Å². The van der Waals surface area contributed by atoms with Crippen LogP contribution in [0.3, 0.4) is 0 Å². The van der Waals surface area contributed by atoms with Gasteiger partial charge in [0.25, 0.3) is 5.91 Å². The third-order valence-corrected chi connectivity index (χ3v) is 4.35. The van der Waals surface area contributed by atoms with Gasteiger partial charge in [-0.1, -0.05) is 12.1 Å². The van der Waals surface area contributed by atoms with Crippen molar-refractivity contribution in [2.24, 2.45) is 7.05 Å². The molecule has 1 atom stereocenters. The van der Waals surface area contributed by atoms with E-state index in [1.54, 1.807) is 24.6 Å². The van der Waals surface area contributed by atoms with Crippen LogP contribution in [0.2, 0.25) is 0 Å². The highest BCUT2D eigenvalue weighted by molar-refractivity contribution is 5.94. The quantitative estimate of drug-likeness (QED) is 0.605. The lowest BCUT2D eigenvalue weighted by molar-refractivity contribution is -0.388. The highest BCUT2D eigenvalue weighted by atomic mass is 16.6. The minimum Gasteiger partial charge on any atom is -0.368 e. The van der Waals surface area contributed by atoms with Crippen molar-refractivity contribution in [3.05, 3.63) is 45.8 Å². The minimum atomic E-state index is -0.506. The van der Waals surface area contributed by atoms with E-state index in [0.717, 1.165) is 18.4 Å². The molecule has 0 bridgehead atoms. The molecule has 1 fully saturated rings. The number of anilines is 2. The molecule has 0 radical (unpaired) electrons. The maximum Gasteiger partial charge on any atom is 0.406 e. The number of nitro groups is 1. The zero-order chi connectivity index (χ0) is 18.7. The van der Waals surface area contributed by atoms with Crippen molar-refractivity contribution in [1.82, 2.24) is 9.55 Å². The summed E-state index contributed by atoms with van der Waals surface area (Å²) in [6.45, 7) is 2.69. The first kappa shape index (κ1) is 17.9. The zero-order valence-electron chi connectivity index (χ0n) is 14.7. The van der Waals surface area contributed by atoms with Gasteiger partial charge in [0, 0.05) is 32.8 Å². The van der Waals surface area contributed by atoms with E-state index in [1.807, 2.05) is 18.2 Å². The zero-order valence-corrected chi connectivity index (χ0v) is 14.7. The minimum absolute atomic E-state index is 0.148. The maximum atomic E-state index is 12.1. The molecule has 0 spiro atoms. The van der Waals surface area contributed by atoms with Crippen molar-refractivity contribution in [2.75, 3.05) is 17.2 Å². The summed E-state index contributed by atoms with van der Waals surface area (Å²) in [5.41, 5.74) is 1.55. The largest absolute Gasteiger partial charge is 0.406 e. The van der Waals surface area contributed by atoms with Crippen LogP contribution in [0, 0.1) is 17.0 Å². The van der Waals surface area contributed by atoms with E-state index in [-0.39, 0.29) is 11.7 Å². The smallest absolute Gasteiger partial charge is 0.368 e. The van der Waals surface area contributed by atoms with Gasteiger partial charge in [-0.05, 0) is 40.4 Å². The molecule has 1 aromatic heterocycles. The van der Waals surface area contributed by atoms with Crippen molar-refractivity contribution in [2.45, 2.75) is 32.4 Å². The second-order valence-electron chi connectivity index (χ2n) is 6.19. The SMILES string of the molecule is Cc1nc([N+](=O)[O-])c(NCc2cccc(NC(=O)[C@@H]3CCCO3)c2)n1C. The number of nitrogens with one attached hydrogen (secondary N) is 2. The molecule has 1 aromatic carbocycles. The molecule has 1 aliphatic heterocycles. The predicted octanol–water partition coefficient (Wildman–Crippen LogP) is 2.37. The average Bonchev–Trinajstić information content (AvgIpc) is 3.23. The summed E-state index contributed by atoms with van der Waals surface area (Å²) in [6.07, 6.45) is 1.23. The molecular formula is C17H21N5O4. The van der Waals surface area contributed by atoms with Crippen molar-refractivity contribution in [3.63, 3.8) is 0 Å². The Kier molecular flexibility index (Phi) is 5.17. The monoisotopic (exact) mass is 359 g/mol. The summed E-state index contributed by atoms with van der Waals surface area (Å²) in [7, 11) is 1.72. The van der Waals surface area contributed by atoms with E-state index >= 15 is 0 Å². The number of imidazole rings is 1. The van der Waals surface area contributed by atoms with Crippen LogP contribution < -0.4 is 10.6 Å². The van der Waals surface area contributed by atoms with Crippen LogP contribution in [-0.2, 0) is 23.1 Å². The molecule has 9 nitrogen and oxygen atoms in total. The first-order valence-electron chi connectivity index (χ1n) is 8.38. The molecule has 0 unspecified atom stereocenters. The number of carbonyl (C=O) groups excluding carboxylic acids is 1. The van der Waals surface area contributed by atoms with Gasteiger partial charge in [-0.15, -0.1) is 0 Å². The number of hydrogen-bond acceptors (Lipinski definition) is 6. The second-order valence-corrected chi connectivity index (χ2v) is 6.19. The lowest BCUT2D eigenvalue weighted by Crippen LogP contribution is -2.26. The fourth-order valence-electron chi connectivity index (χ4n) is 2.87. The summed E-state index contributed by atoms with van der Waals surface area (Å²) in [6, 6.07) is 7.33. The summed E-state index contributed by atoms with van der Waals surface area (Å²) in [4.78, 5) is 26.7. The van der Waals surface area contributed by atoms with Crippen LogP contribution >= 0.6 is 0 Å². The molecule has 1 amide bonds. The van der Waals surface area contributed by atoms with Crippen molar-refractivity contribution in [1.29, 1.82) is 0 Å². The van der Waals surface area contributed by atoms with Crippen LogP contribution in [-0.4, -0.2) is 33.1 Å². The number of amides is 1. The summed E-state index contributed by atoms with van der Waals surface area (Å²) < 4.78 is 7.02. The molecule has 3 rings (SSSR count). The number of nitrogens with zero attached hydrogens (tertiary/aromatic N) is 3. The fourth-order valence-corrected chi connectivity index (χ4v) is 2.87. The Labute approximate surface area is 150 Å². The Balaban J connectivity index is 1.68. The number of rotatable bonds is 6. The van der Waals surface area contributed by atoms with Gasteiger partial charge < -0.3 is 25.5 Å². The van der Waals surface area contributed by atoms with Gasteiger partial charge in [0.2, 0.25) is 11.6 Å². The Morgan fingerprint density at radius 2 is 2.31 bits per heavy atom. The third kappa shape index (κ3) is 3.83. The summed E-state index contributed by atoms with van der Waals surface area (Å²) >= 11 is 0. The number of aromatic nitrogens is 2. The van der Waals surface area contributed by atoms with Gasteiger partial charge in [-0.25, -0.2) is 0 Å². The number of hydrogen-bond donors (Lipinski definition) is 2. The van der Waals surface area contributed by atoms with Crippen LogP contribution in [0.15, 0.2) is 24.3 Å². The Morgan fingerprint density at radius 3 is 3.00 bits per heavy atom. The molecule has 138 valence electrons. The molecule has 2 heterocycles. The standard InChI is InChI=1S/C17H21N5O4/c1-11-19-16(22(24)25)15(21(11)2)18-10-12-5-3-6-13(9-12)20-17(23)14-7-4-8-26-14/h3,5-6,9,14,18H,4,7-8,10H2,1-2H3,(H,20,23)/t14-/m0/s1. The third-order valence-electron chi connectivity index (χ3n) is 4.35. The molecule has 0 saturated carbocycles. The first-order valence-corrected chi connectivity index (χ1v) is 8.38. The number of carbonyl (C=O) groups is 1. The van der Waals surface area contributed by atoms with Gasteiger partial charge in [0.1, 0.15) is 6.10 Å². The van der Waals surface area contributed by atoms with Crippen LogP contribution in [0.5, 0.6) is 0 Å². The lowest BCUT2D eigenvalue weighted by Gasteiger charge is -2.12. The van der Waals surface area contributed by atoms with Crippen molar-refractivity contribution in [3.8, 4) is 0 Å². The van der Waals surface area contributed by atoms with Crippen LogP contribution in [0.1, 0.15) is 24.2 Å². The number of benzene rings is 1. The van der Waals surface area contributed by atoms with Crippen molar-refractivity contribution < 1.29 is 14.5 Å². The molecule has 1 aliphatic rings. The molecule has 9 heteroatoms. The lowest BCUT2D eigenvalue weighted by atomic mass is 10.2. The van der Waals surface area contributed by atoms with E-state index in [2.05, 4.69) is 15.6 Å². The summed E-state index contributed by atoms with van der Waals surface area (Å²) in [5, 5.41) is 17.0. The predicted molar refractivity (Wildman–Crippen MR) is 96.0 cm³/mol. The molecule has 1 saturated heterocycles. The number of ether oxygens (including phenoxy) is 1. The van der Waals surface area contributed by atoms with Gasteiger partial charge in [0.15, 0.2) is 0 Å². The molecular weight excluding hydrogens is 338 g/mol. The molecule has 2 N–H and O–H groups in total. The van der Waals surface area contributed by atoms with Gasteiger partial charge in [-0.2, -0.15) is 0 Å². The van der Waals surface area contributed by atoms with Crippen LogP contribution in [0.25, 0.3) is 0 Å². The van der Waals surface area contributed by atoms with Gasteiger partial charge >= 0.3 is 5.82 Å². The summed E-state index contributed by atoms with van der Waals surface area (Å²) in [5.74, 6) is 0.552. The van der Waals surface area contributed by atoms with Crippen LogP contribution in [0.4, 0.5) is 17.3 Å². The Morgan fingerprint density at radius 1 is 1.50 bits per heavy atom. The molecule has 2 aromatic rings. The van der Waals surface area contributed by atoms with Gasteiger partial charge in [-0.3, -0.25) is 9.36 Å². The number of aryl methyl sites for hydroxylation is 1. The molecule has 0 aliphatic carbocycles. The highest BCUT2D eigenvalue weighted by Crippen LogP contribution is 2.24. The van der Waals surface area contributed by atoms with E-state index in [4.69, 9.17) is 4.74 Å². The van der Waals surface area contributed by atoms with E-state index in [1.165, 1.54) is 0 Å². The normalized spacial score (nSPS) is 16.5. The topological polar surface area (TPSA) is 111 Å².